The minimum absolute atomic E-state index is 0.0137. The van der Waals surface area contributed by atoms with E-state index in [2.05, 4.69) is 21.2 Å². The van der Waals surface area contributed by atoms with Crippen LogP contribution >= 0.6 is 15.9 Å². The summed E-state index contributed by atoms with van der Waals surface area (Å²) >= 11 is 3.26. The summed E-state index contributed by atoms with van der Waals surface area (Å²) in [6.07, 6.45) is 3.46. The Morgan fingerprint density at radius 2 is 2.24 bits per heavy atom. The first-order chi connectivity index (χ1) is 8.17. The first kappa shape index (κ1) is 13.0. The minimum Gasteiger partial charge on any atom is -0.377 e. The lowest BCUT2D eigenvalue weighted by atomic mass is 9.80. The predicted octanol–water partition coefficient (Wildman–Crippen LogP) is 3.25. The van der Waals surface area contributed by atoms with Gasteiger partial charge in [-0.25, -0.2) is 4.39 Å². The monoisotopic (exact) mass is 301 g/mol. The van der Waals surface area contributed by atoms with Gasteiger partial charge in [0.25, 0.3) is 0 Å². The maximum Gasteiger partial charge on any atom is 0.137 e. The average molecular weight is 302 g/mol. The highest BCUT2D eigenvalue weighted by molar-refractivity contribution is 9.10. The molecule has 0 amide bonds. The van der Waals surface area contributed by atoms with Gasteiger partial charge in [-0.1, -0.05) is 12.1 Å². The van der Waals surface area contributed by atoms with Gasteiger partial charge in [-0.15, -0.1) is 0 Å². The molecule has 1 saturated carbocycles. The van der Waals surface area contributed by atoms with Crippen molar-refractivity contribution >= 4 is 15.9 Å². The van der Waals surface area contributed by atoms with Crippen molar-refractivity contribution in [3.05, 3.63) is 34.1 Å². The SMILES string of the molecule is COC1(CNCc2cccc(F)c2Br)CCC1. The van der Waals surface area contributed by atoms with Crippen LogP contribution in [0.5, 0.6) is 0 Å². The van der Waals surface area contributed by atoms with Gasteiger partial charge in [0.1, 0.15) is 5.82 Å². The fourth-order valence-corrected chi connectivity index (χ4v) is 2.54. The van der Waals surface area contributed by atoms with E-state index < -0.39 is 0 Å². The maximum absolute atomic E-state index is 13.3. The lowest BCUT2D eigenvalue weighted by molar-refractivity contribution is -0.0695. The van der Waals surface area contributed by atoms with Gasteiger partial charge in [0, 0.05) is 20.2 Å². The van der Waals surface area contributed by atoms with Crippen molar-refractivity contribution in [1.82, 2.24) is 5.32 Å². The number of hydrogen-bond acceptors (Lipinski definition) is 2. The van der Waals surface area contributed by atoms with Crippen molar-refractivity contribution in [3.8, 4) is 0 Å². The second-order valence-corrected chi connectivity index (χ2v) is 5.35. The number of rotatable bonds is 5. The van der Waals surface area contributed by atoms with Gasteiger partial charge in [-0.05, 0) is 46.8 Å². The Balaban J connectivity index is 1.88. The molecule has 1 N–H and O–H groups in total. The third-order valence-electron chi connectivity index (χ3n) is 3.49. The molecule has 0 heterocycles. The van der Waals surface area contributed by atoms with Gasteiger partial charge in [0.2, 0.25) is 0 Å². The second kappa shape index (κ2) is 5.46. The molecule has 0 spiro atoms. The van der Waals surface area contributed by atoms with Gasteiger partial charge >= 0.3 is 0 Å². The van der Waals surface area contributed by atoms with Crippen LogP contribution in [0, 0.1) is 5.82 Å². The van der Waals surface area contributed by atoms with E-state index in [0.717, 1.165) is 24.9 Å². The molecule has 1 aromatic carbocycles. The molecule has 2 rings (SSSR count). The Kier molecular flexibility index (Phi) is 4.17. The van der Waals surface area contributed by atoms with E-state index in [9.17, 15) is 4.39 Å². The molecule has 1 aliphatic carbocycles. The molecule has 0 aliphatic heterocycles. The topological polar surface area (TPSA) is 21.3 Å². The van der Waals surface area contributed by atoms with Crippen molar-refractivity contribution in [2.45, 2.75) is 31.4 Å². The molecule has 2 nitrogen and oxygen atoms in total. The fourth-order valence-electron chi connectivity index (χ4n) is 2.13. The molecule has 0 atom stereocenters. The normalized spacial score (nSPS) is 17.8. The molecule has 4 heteroatoms. The van der Waals surface area contributed by atoms with Crippen LogP contribution < -0.4 is 5.32 Å². The maximum atomic E-state index is 13.3. The summed E-state index contributed by atoms with van der Waals surface area (Å²) in [6, 6.07) is 5.10. The Morgan fingerprint density at radius 3 is 2.82 bits per heavy atom. The molecule has 1 aromatic rings. The first-order valence-electron chi connectivity index (χ1n) is 5.86. The standard InChI is InChI=1S/C13H17BrFNO/c1-17-13(6-3-7-13)9-16-8-10-4-2-5-11(15)12(10)14/h2,4-5,16H,3,6-9H2,1H3. The summed E-state index contributed by atoms with van der Waals surface area (Å²) < 4.78 is 19.4. The third-order valence-corrected chi connectivity index (χ3v) is 4.38. The van der Waals surface area contributed by atoms with Crippen molar-refractivity contribution in [2.75, 3.05) is 13.7 Å². The summed E-state index contributed by atoms with van der Waals surface area (Å²) in [5.41, 5.74) is 0.954. The molecule has 0 unspecified atom stereocenters. The van der Waals surface area contributed by atoms with Crippen LogP contribution in [0.15, 0.2) is 22.7 Å². The minimum atomic E-state index is -0.214. The highest BCUT2D eigenvalue weighted by Crippen LogP contribution is 2.34. The second-order valence-electron chi connectivity index (χ2n) is 4.56. The number of hydrogen-bond donors (Lipinski definition) is 1. The highest BCUT2D eigenvalue weighted by atomic mass is 79.9. The summed E-state index contributed by atoms with van der Waals surface area (Å²) in [7, 11) is 1.76. The van der Waals surface area contributed by atoms with Gasteiger partial charge in [0.05, 0.1) is 10.1 Å². The first-order valence-corrected chi connectivity index (χ1v) is 6.65. The molecular formula is C13H17BrFNO. The Bertz CT molecular complexity index is 387. The van der Waals surface area contributed by atoms with Crippen molar-refractivity contribution in [1.29, 1.82) is 0 Å². The quantitative estimate of drug-likeness (QED) is 0.901. The smallest absolute Gasteiger partial charge is 0.137 e. The number of halogens is 2. The van der Waals surface area contributed by atoms with Crippen LogP contribution in [0.3, 0.4) is 0 Å². The summed E-state index contributed by atoms with van der Waals surface area (Å²) in [5.74, 6) is -0.214. The van der Waals surface area contributed by atoms with Crippen molar-refractivity contribution in [2.24, 2.45) is 0 Å². The number of methoxy groups -OCH3 is 1. The van der Waals surface area contributed by atoms with Gasteiger partial charge in [-0.2, -0.15) is 0 Å². The molecule has 1 fully saturated rings. The molecule has 0 aromatic heterocycles. The zero-order chi connectivity index (χ0) is 12.3. The van der Waals surface area contributed by atoms with Crippen LogP contribution in [0.1, 0.15) is 24.8 Å². The largest absolute Gasteiger partial charge is 0.377 e. The van der Waals surface area contributed by atoms with Crippen LogP contribution in [0.4, 0.5) is 4.39 Å². The van der Waals surface area contributed by atoms with E-state index in [1.165, 1.54) is 12.5 Å². The van der Waals surface area contributed by atoms with E-state index in [1.54, 1.807) is 13.2 Å². The number of benzene rings is 1. The summed E-state index contributed by atoms with van der Waals surface area (Å²) in [5, 5.41) is 3.34. The van der Waals surface area contributed by atoms with E-state index in [0.29, 0.717) is 11.0 Å². The van der Waals surface area contributed by atoms with E-state index in [4.69, 9.17) is 4.74 Å². The van der Waals surface area contributed by atoms with Crippen molar-refractivity contribution < 1.29 is 9.13 Å². The number of ether oxygens (including phenoxy) is 1. The van der Waals surface area contributed by atoms with Gasteiger partial charge in [-0.3, -0.25) is 0 Å². The van der Waals surface area contributed by atoms with E-state index >= 15 is 0 Å². The van der Waals surface area contributed by atoms with Gasteiger partial charge < -0.3 is 10.1 Å². The van der Waals surface area contributed by atoms with Crippen LogP contribution in [-0.2, 0) is 11.3 Å². The Labute approximate surface area is 110 Å². The zero-order valence-corrected chi connectivity index (χ0v) is 11.5. The average Bonchev–Trinajstić information content (AvgIpc) is 2.28. The summed E-state index contributed by atoms with van der Waals surface area (Å²) in [6.45, 7) is 1.48. The highest BCUT2D eigenvalue weighted by Gasteiger charge is 2.36. The molecular weight excluding hydrogens is 285 g/mol. The van der Waals surface area contributed by atoms with Crippen LogP contribution in [0.2, 0.25) is 0 Å². The van der Waals surface area contributed by atoms with Crippen molar-refractivity contribution in [3.63, 3.8) is 0 Å². The molecule has 17 heavy (non-hydrogen) atoms. The third kappa shape index (κ3) is 2.87. The van der Waals surface area contributed by atoms with Crippen LogP contribution in [0.25, 0.3) is 0 Å². The zero-order valence-electron chi connectivity index (χ0n) is 9.93. The molecule has 0 bridgehead atoms. The van der Waals surface area contributed by atoms with Gasteiger partial charge in [0.15, 0.2) is 0 Å². The predicted molar refractivity (Wildman–Crippen MR) is 69.4 cm³/mol. The van der Waals surface area contributed by atoms with Crippen LogP contribution in [-0.4, -0.2) is 19.3 Å². The number of nitrogens with one attached hydrogen (secondary N) is 1. The Hall–Kier alpha value is -0.450. The molecule has 0 radical (unpaired) electrons. The Morgan fingerprint density at radius 1 is 1.47 bits per heavy atom. The lowest BCUT2D eigenvalue weighted by Gasteiger charge is -2.40. The van der Waals surface area contributed by atoms with E-state index in [1.807, 2.05) is 6.07 Å². The molecule has 94 valence electrons. The molecule has 0 saturated heterocycles. The fraction of sp³-hybridized carbons (Fsp3) is 0.538. The lowest BCUT2D eigenvalue weighted by Crippen LogP contribution is -2.47. The summed E-state index contributed by atoms with van der Waals surface area (Å²) in [4.78, 5) is 0. The molecule has 1 aliphatic rings. The van der Waals surface area contributed by atoms with E-state index in [-0.39, 0.29) is 11.4 Å².